The van der Waals surface area contributed by atoms with Crippen LogP contribution in [0.1, 0.15) is 70.1 Å². The van der Waals surface area contributed by atoms with Crippen LogP contribution in [0.25, 0.3) is 6.08 Å². The van der Waals surface area contributed by atoms with Gasteiger partial charge in [-0.3, -0.25) is 4.79 Å². The zero-order valence-electron chi connectivity index (χ0n) is 14.0. The maximum atomic E-state index is 11.8. The van der Waals surface area contributed by atoms with Crippen LogP contribution in [0.2, 0.25) is 0 Å². The van der Waals surface area contributed by atoms with Gasteiger partial charge in [0.15, 0.2) is 0 Å². The van der Waals surface area contributed by atoms with Crippen LogP contribution in [0, 0.1) is 11.8 Å². The van der Waals surface area contributed by atoms with Crippen LogP contribution in [0.3, 0.4) is 0 Å². The minimum Gasteiger partial charge on any atom is -0.421 e. The number of likely N-dealkylation sites (tertiary alicyclic amines) is 1. The SMILES string of the molecule is CC(=O)N1CCC[C@H](c2nnc(C=C(C3CC3)C3CC3)o2)[C@@H]1C. The Hall–Kier alpha value is -1.65. The van der Waals surface area contributed by atoms with Gasteiger partial charge in [0.25, 0.3) is 0 Å². The zero-order valence-corrected chi connectivity index (χ0v) is 14.0. The molecule has 0 unspecified atom stereocenters. The van der Waals surface area contributed by atoms with Crippen molar-refractivity contribution in [2.24, 2.45) is 11.8 Å². The summed E-state index contributed by atoms with van der Waals surface area (Å²) in [4.78, 5) is 13.7. The number of piperidine rings is 1. The van der Waals surface area contributed by atoms with Gasteiger partial charge >= 0.3 is 0 Å². The van der Waals surface area contributed by atoms with Crippen LogP contribution in [0.4, 0.5) is 0 Å². The van der Waals surface area contributed by atoms with Crippen LogP contribution in [-0.2, 0) is 4.79 Å². The van der Waals surface area contributed by atoms with Crippen molar-refractivity contribution in [2.45, 2.75) is 64.3 Å². The molecule has 1 amide bonds. The molecule has 1 aliphatic heterocycles. The number of nitrogens with zero attached hydrogens (tertiary/aromatic N) is 3. The van der Waals surface area contributed by atoms with Gasteiger partial charge in [0.05, 0.1) is 5.92 Å². The molecule has 2 heterocycles. The summed E-state index contributed by atoms with van der Waals surface area (Å²) >= 11 is 0. The fourth-order valence-electron chi connectivity index (χ4n) is 3.92. The molecule has 1 aromatic heterocycles. The summed E-state index contributed by atoms with van der Waals surface area (Å²) in [5, 5.41) is 8.56. The quantitative estimate of drug-likeness (QED) is 0.854. The number of hydrogen-bond donors (Lipinski definition) is 0. The Morgan fingerprint density at radius 2 is 1.87 bits per heavy atom. The molecule has 1 saturated heterocycles. The highest BCUT2D eigenvalue weighted by Gasteiger charge is 2.37. The first kappa shape index (κ1) is 14.9. The Kier molecular flexibility index (Phi) is 3.74. The van der Waals surface area contributed by atoms with Crippen LogP contribution in [0.5, 0.6) is 0 Å². The van der Waals surface area contributed by atoms with E-state index in [1.807, 2.05) is 4.90 Å². The molecular formula is C18H25N3O2. The number of carbonyl (C=O) groups is 1. The molecule has 5 nitrogen and oxygen atoms in total. The second kappa shape index (κ2) is 5.77. The summed E-state index contributed by atoms with van der Waals surface area (Å²) in [5.74, 6) is 3.17. The number of carbonyl (C=O) groups excluding carboxylic acids is 1. The largest absolute Gasteiger partial charge is 0.421 e. The van der Waals surface area contributed by atoms with Crippen molar-refractivity contribution in [2.75, 3.05) is 6.54 Å². The average molecular weight is 315 g/mol. The second-order valence-corrected chi connectivity index (χ2v) is 7.37. The van der Waals surface area contributed by atoms with Gasteiger partial charge in [0.2, 0.25) is 17.7 Å². The molecule has 0 spiro atoms. The van der Waals surface area contributed by atoms with Gasteiger partial charge in [-0.25, -0.2) is 0 Å². The van der Waals surface area contributed by atoms with E-state index in [0.717, 1.165) is 31.2 Å². The minimum atomic E-state index is 0.130. The lowest BCUT2D eigenvalue weighted by molar-refractivity contribution is -0.132. The van der Waals surface area contributed by atoms with Crippen LogP contribution >= 0.6 is 0 Å². The van der Waals surface area contributed by atoms with E-state index in [2.05, 4.69) is 23.2 Å². The number of allylic oxidation sites excluding steroid dienone is 1. The maximum Gasteiger partial charge on any atom is 0.240 e. The lowest BCUT2D eigenvalue weighted by atomic mass is 9.90. The van der Waals surface area contributed by atoms with E-state index < -0.39 is 0 Å². The molecular weight excluding hydrogens is 290 g/mol. The van der Waals surface area contributed by atoms with Gasteiger partial charge in [0, 0.05) is 25.6 Å². The Morgan fingerprint density at radius 3 is 2.48 bits per heavy atom. The second-order valence-electron chi connectivity index (χ2n) is 7.37. The molecule has 0 bridgehead atoms. The third-order valence-electron chi connectivity index (χ3n) is 5.55. The molecule has 2 saturated carbocycles. The molecule has 23 heavy (non-hydrogen) atoms. The predicted molar refractivity (Wildman–Crippen MR) is 86.5 cm³/mol. The highest BCUT2D eigenvalue weighted by atomic mass is 16.4. The molecule has 124 valence electrons. The molecule has 3 aliphatic rings. The molecule has 4 rings (SSSR count). The molecule has 5 heteroatoms. The van der Waals surface area contributed by atoms with Crippen molar-refractivity contribution in [1.29, 1.82) is 0 Å². The van der Waals surface area contributed by atoms with E-state index in [9.17, 15) is 4.79 Å². The summed E-state index contributed by atoms with van der Waals surface area (Å²) < 4.78 is 5.97. The molecule has 1 aromatic rings. The van der Waals surface area contributed by atoms with E-state index in [-0.39, 0.29) is 17.9 Å². The van der Waals surface area contributed by atoms with Crippen molar-refractivity contribution in [3.8, 4) is 0 Å². The highest BCUT2D eigenvalue weighted by molar-refractivity contribution is 5.73. The zero-order chi connectivity index (χ0) is 16.0. The molecule has 0 aromatic carbocycles. The minimum absolute atomic E-state index is 0.130. The molecule has 2 atom stereocenters. The summed E-state index contributed by atoms with van der Waals surface area (Å²) in [7, 11) is 0. The van der Waals surface area contributed by atoms with E-state index in [4.69, 9.17) is 4.42 Å². The lowest BCUT2D eigenvalue weighted by Gasteiger charge is -2.37. The Bertz CT molecular complexity index is 614. The van der Waals surface area contributed by atoms with Crippen molar-refractivity contribution in [1.82, 2.24) is 15.1 Å². The van der Waals surface area contributed by atoms with E-state index in [0.29, 0.717) is 11.8 Å². The van der Waals surface area contributed by atoms with E-state index in [1.54, 1.807) is 6.92 Å². The number of aromatic nitrogens is 2. The van der Waals surface area contributed by atoms with Crippen molar-refractivity contribution >= 4 is 12.0 Å². The van der Waals surface area contributed by atoms with Crippen molar-refractivity contribution in [3.63, 3.8) is 0 Å². The smallest absolute Gasteiger partial charge is 0.240 e. The summed E-state index contributed by atoms with van der Waals surface area (Å²) in [6.07, 6.45) is 9.41. The molecule has 3 fully saturated rings. The van der Waals surface area contributed by atoms with Gasteiger partial charge < -0.3 is 9.32 Å². The predicted octanol–water partition coefficient (Wildman–Crippen LogP) is 3.39. The van der Waals surface area contributed by atoms with Crippen molar-refractivity contribution in [3.05, 3.63) is 17.4 Å². The average Bonchev–Trinajstić information content (AvgIpc) is 3.44. The Labute approximate surface area is 137 Å². The van der Waals surface area contributed by atoms with Gasteiger partial charge in [-0.1, -0.05) is 5.57 Å². The van der Waals surface area contributed by atoms with Gasteiger partial charge in [-0.05, 0) is 57.3 Å². The van der Waals surface area contributed by atoms with Gasteiger partial charge in [-0.15, -0.1) is 10.2 Å². The molecule has 2 aliphatic carbocycles. The van der Waals surface area contributed by atoms with Crippen molar-refractivity contribution < 1.29 is 9.21 Å². The highest BCUT2D eigenvalue weighted by Crippen LogP contribution is 2.49. The standard InChI is InChI=1S/C18H25N3O2/c1-11-15(4-3-9-21(11)12(2)22)18-20-19-17(23-18)10-16(13-5-6-13)14-7-8-14/h10-11,13-15H,3-9H2,1-2H3/t11-,15-/m0/s1. The third kappa shape index (κ3) is 3.06. The van der Waals surface area contributed by atoms with Crippen LogP contribution in [0.15, 0.2) is 9.99 Å². The van der Waals surface area contributed by atoms with Crippen LogP contribution < -0.4 is 0 Å². The number of rotatable bonds is 4. The van der Waals surface area contributed by atoms with E-state index >= 15 is 0 Å². The van der Waals surface area contributed by atoms with Crippen LogP contribution in [-0.4, -0.2) is 33.6 Å². The summed E-state index contributed by atoms with van der Waals surface area (Å²) in [6.45, 7) is 4.56. The summed E-state index contributed by atoms with van der Waals surface area (Å²) in [6, 6.07) is 0.130. The summed E-state index contributed by atoms with van der Waals surface area (Å²) in [5.41, 5.74) is 1.53. The Morgan fingerprint density at radius 1 is 1.17 bits per heavy atom. The fraction of sp³-hybridized carbons (Fsp3) is 0.722. The van der Waals surface area contributed by atoms with E-state index in [1.165, 1.54) is 31.3 Å². The normalized spacial score (nSPS) is 27.8. The lowest BCUT2D eigenvalue weighted by Crippen LogP contribution is -2.44. The molecule has 0 radical (unpaired) electrons. The first-order chi connectivity index (χ1) is 11.1. The maximum absolute atomic E-state index is 11.8. The van der Waals surface area contributed by atoms with Gasteiger partial charge in [-0.2, -0.15) is 0 Å². The number of amides is 1. The number of hydrogen-bond acceptors (Lipinski definition) is 4. The molecule has 0 N–H and O–H groups in total. The first-order valence-electron chi connectivity index (χ1n) is 8.95. The fourth-order valence-corrected chi connectivity index (χ4v) is 3.92. The first-order valence-corrected chi connectivity index (χ1v) is 8.95. The third-order valence-corrected chi connectivity index (χ3v) is 5.55. The monoisotopic (exact) mass is 315 g/mol. The topological polar surface area (TPSA) is 59.2 Å². The Balaban J connectivity index is 1.53. The van der Waals surface area contributed by atoms with Gasteiger partial charge in [0.1, 0.15) is 0 Å².